The lowest BCUT2D eigenvalue weighted by molar-refractivity contribution is 0.0699. The molecule has 1 heterocycles. The number of aromatic carboxylic acids is 1. The number of hydrogen-bond donors (Lipinski definition) is 1. The first-order chi connectivity index (χ1) is 10.5. The highest BCUT2D eigenvalue weighted by atomic mass is 16.4. The van der Waals surface area contributed by atoms with Crippen molar-refractivity contribution in [1.82, 2.24) is 4.57 Å². The van der Waals surface area contributed by atoms with Gasteiger partial charge in [0.15, 0.2) is 0 Å². The van der Waals surface area contributed by atoms with E-state index in [1.165, 1.54) is 11.1 Å². The van der Waals surface area contributed by atoms with Crippen LogP contribution in [0.1, 0.15) is 35.8 Å². The first kappa shape index (κ1) is 14.4. The molecular formula is C19H19NO2. The van der Waals surface area contributed by atoms with E-state index >= 15 is 0 Å². The highest BCUT2D eigenvalue weighted by Crippen LogP contribution is 2.31. The highest BCUT2D eigenvalue weighted by molar-refractivity contribution is 6.04. The molecule has 3 rings (SSSR count). The Morgan fingerprint density at radius 3 is 2.50 bits per heavy atom. The van der Waals surface area contributed by atoms with Crippen molar-refractivity contribution < 1.29 is 9.90 Å². The van der Waals surface area contributed by atoms with E-state index in [9.17, 15) is 9.90 Å². The summed E-state index contributed by atoms with van der Waals surface area (Å²) in [6.45, 7) is 6.21. The maximum absolute atomic E-state index is 11.4. The quantitative estimate of drug-likeness (QED) is 0.746. The monoisotopic (exact) mass is 293 g/mol. The number of benzene rings is 2. The van der Waals surface area contributed by atoms with Gasteiger partial charge in [-0.1, -0.05) is 36.4 Å². The summed E-state index contributed by atoms with van der Waals surface area (Å²) < 4.78 is 2.03. The second-order valence-electron chi connectivity index (χ2n) is 5.90. The summed E-state index contributed by atoms with van der Waals surface area (Å²) in [5, 5.41) is 10.2. The average molecular weight is 293 g/mol. The molecule has 0 aliphatic rings. The zero-order valence-corrected chi connectivity index (χ0v) is 13.0. The largest absolute Gasteiger partial charge is 0.478 e. The molecule has 0 saturated heterocycles. The normalized spacial score (nSPS) is 11.3. The number of carboxylic acid groups (broad SMARTS) is 1. The molecule has 0 unspecified atom stereocenters. The fourth-order valence-electron chi connectivity index (χ4n) is 2.91. The van der Waals surface area contributed by atoms with Crippen molar-refractivity contribution in [2.45, 2.75) is 26.8 Å². The van der Waals surface area contributed by atoms with Crippen LogP contribution in [0, 0.1) is 6.92 Å². The zero-order valence-electron chi connectivity index (χ0n) is 13.0. The van der Waals surface area contributed by atoms with Crippen molar-refractivity contribution in [3.05, 3.63) is 59.8 Å². The third kappa shape index (κ3) is 2.29. The summed E-state index contributed by atoms with van der Waals surface area (Å²) in [7, 11) is 0. The molecule has 0 spiro atoms. The van der Waals surface area contributed by atoms with Gasteiger partial charge in [-0.25, -0.2) is 4.79 Å². The van der Waals surface area contributed by atoms with Crippen LogP contribution in [0.25, 0.3) is 22.0 Å². The summed E-state index contributed by atoms with van der Waals surface area (Å²) in [5.41, 5.74) is 4.83. The lowest BCUT2D eigenvalue weighted by Gasteiger charge is -2.11. The maximum Gasteiger partial charge on any atom is 0.337 e. The minimum Gasteiger partial charge on any atom is -0.478 e. The van der Waals surface area contributed by atoms with Crippen molar-refractivity contribution in [3.8, 4) is 11.1 Å². The Labute approximate surface area is 129 Å². The van der Waals surface area contributed by atoms with E-state index in [4.69, 9.17) is 0 Å². The van der Waals surface area contributed by atoms with Gasteiger partial charge in [0.1, 0.15) is 0 Å². The minimum absolute atomic E-state index is 0.211. The Bertz CT molecular complexity index is 859. The van der Waals surface area contributed by atoms with Crippen LogP contribution in [-0.2, 0) is 0 Å². The molecule has 3 nitrogen and oxygen atoms in total. The van der Waals surface area contributed by atoms with Crippen molar-refractivity contribution in [2.75, 3.05) is 0 Å². The number of aryl methyl sites for hydroxylation is 1. The van der Waals surface area contributed by atoms with Gasteiger partial charge in [0, 0.05) is 23.1 Å². The van der Waals surface area contributed by atoms with Crippen LogP contribution in [0.4, 0.5) is 0 Å². The number of nitrogens with zero attached hydrogens (tertiary/aromatic N) is 1. The van der Waals surface area contributed by atoms with Gasteiger partial charge in [-0.3, -0.25) is 0 Å². The number of fused-ring (bicyclic) bond motifs is 1. The molecule has 0 bridgehead atoms. The first-order valence-electron chi connectivity index (χ1n) is 7.43. The van der Waals surface area contributed by atoms with Crippen LogP contribution in [0.5, 0.6) is 0 Å². The molecule has 0 saturated carbocycles. The van der Waals surface area contributed by atoms with E-state index in [0.717, 1.165) is 16.5 Å². The fourth-order valence-corrected chi connectivity index (χ4v) is 2.91. The van der Waals surface area contributed by atoms with E-state index < -0.39 is 5.97 Å². The van der Waals surface area contributed by atoms with Gasteiger partial charge in [0.25, 0.3) is 0 Å². The molecule has 3 heteroatoms. The van der Waals surface area contributed by atoms with E-state index in [1.54, 1.807) is 6.20 Å². The SMILES string of the molecule is Cc1ccccc1-c1ccc2c(C(=O)O)cn(C(C)C)c2c1. The number of carbonyl (C=O) groups is 1. The number of aromatic nitrogens is 1. The molecule has 0 radical (unpaired) electrons. The predicted octanol–water partition coefficient (Wildman–Crippen LogP) is 4.90. The zero-order chi connectivity index (χ0) is 15.9. The molecular weight excluding hydrogens is 274 g/mol. The highest BCUT2D eigenvalue weighted by Gasteiger charge is 2.16. The molecule has 0 fully saturated rings. The Balaban J connectivity index is 2.28. The standard InChI is InChI=1S/C19H19NO2/c1-12(2)20-11-17(19(21)22)16-9-8-14(10-18(16)20)15-7-5-4-6-13(15)3/h4-12H,1-3H3,(H,21,22). The van der Waals surface area contributed by atoms with E-state index in [0.29, 0.717) is 5.56 Å². The van der Waals surface area contributed by atoms with Gasteiger partial charge < -0.3 is 9.67 Å². The number of hydrogen-bond acceptors (Lipinski definition) is 1. The Morgan fingerprint density at radius 2 is 1.86 bits per heavy atom. The van der Waals surface area contributed by atoms with Gasteiger partial charge >= 0.3 is 5.97 Å². The number of rotatable bonds is 3. The van der Waals surface area contributed by atoms with Gasteiger partial charge in [-0.05, 0) is 43.5 Å². The van der Waals surface area contributed by atoms with Gasteiger partial charge in [-0.2, -0.15) is 0 Å². The fraction of sp³-hybridized carbons (Fsp3) is 0.211. The molecule has 0 aliphatic carbocycles. The van der Waals surface area contributed by atoms with Crippen LogP contribution in [0.3, 0.4) is 0 Å². The van der Waals surface area contributed by atoms with E-state index in [-0.39, 0.29) is 6.04 Å². The second-order valence-corrected chi connectivity index (χ2v) is 5.90. The first-order valence-corrected chi connectivity index (χ1v) is 7.43. The molecule has 3 aromatic rings. The molecule has 0 amide bonds. The molecule has 2 aromatic carbocycles. The van der Waals surface area contributed by atoms with Crippen LogP contribution in [0.15, 0.2) is 48.7 Å². The van der Waals surface area contributed by atoms with Gasteiger partial charge in [-0.15, -0.1) is 0 Å². The van der Waals surface area contributed by atoms with Crippen molar-refractivity contribution in [1.29, 1.82) is 0 Å². The van der Waals surface area contributed by atoms with Crippen LogP contribution in [-0.4, -0.2) is 15.6 Å². The molecule has 22 heavy (non-hydrogen) atoms. The molecule has 0 atom stereocenters. The summed E-state index contributed by atoms with van der Waals surface area (Å²) in [5.74, 6) is -0.881. The summed E-state index contributed by atoms with van der Waals surface area (Å²) in [4.78, 5) is 11.4. The summed E-state index contributed by atoms with van der Waals surface area (Å²) in [6, 6.07) is 14.4. The summed E-state index contributed by atoms with van der Waals surface area (Å²) in [6.07, 6.45) is 1.74. The summed E-state index contributed by atoms with van der Waals surface area (Å²) >= 11 is 0. The van der Waals surface area contributed by atoms with Crippen LogP contribution >= 0.6 is 0 Å². The average Bonchev–Trinajstić information content (AvgIpc) is 2.86. The Kier molecular flexibility index (Phi) is 3.49. The van der Waals surface area contributed by atoms with Crippen LogP contribution < -0.4 is 0 Å². The Morgan fingerprint density at radius 1 is 1.14 bits per heavy atom. The topological polar surface area (TPSA) is 42.2 Å². The Hall–Kier alpha value is -2.55. The number of carboxylic acids is 1. The third-order valence-electron chi connectivity index (χ3n) is 4.08. The van der Waals surface area contributed by atoms with Crippen molar-refractivity contribution >= 4 is 16.9 Å². The second kappa shape index (κ2) is 5.34. The van der Waals surface area contributed by atoms with E-state index in [2.05, 4.69) is 39.0 Å². The van der Waals surface area contributed by atoms with Crippen molar-refractivity contribution in [3.63, 3.8) is 0 Å². The maximum atomic E-state index is 11.4. The molecule has 1 aromatic heterocycles. The smallest absolute Gasteiger partial charge is 0.337 e. The lowest BCUT2D eigenvalue weighted by Crippen LogP contribution is -1.99. The van der Waals surface area contributed by atoms with Gasteiger partial charge in [0.2, 0.25) is 0 Å². The molecule has 112 valence electrons. The van der Waals surface area contributed by atoms with Gasteiger partial charge in [0.05, 0.1) is 5.56 Å². The molecule has 1 N–H and O–H groups in total. The molecule has 0 aliphatic heterocycles. The lowest BCUT2D eigenvalue weighted by atomic mass is 9.99. The van der Waals surface area contributed by atoms with Crippen LogP contribution in [0.2, 0.25) is 0 Å². The van der Waals surface area contributed by atoms with Crippen molar-refractivity contribution in [2.24, 2.45) is 0 Å². The predicted molar refractivity (Wildman–Crippen MR) is 89.5 cm³/mol. The minimum atomic E-state index is -0.881. The van der Waals surface area contributed by atoms with E-state index in [1.807, 2.05) is 28.8 Å². The third-order valence-corrected chi connectivity index (χ3v) is 4.08.